The fourth-order valence-corrected chi connectivity index (χ4v) is 2.05. The van der Waals surface area contributed by atoms with Gasteiger partial charge in [-0.2, -0.15) is 0 Å². The van der Waals surface area contributed by atoms with Gasteiger partial charge < -0.3 is 4.74 Å². The minimum Gasteiger partial charge on any atom is -0.463 e. The van der Waals surface area contributed by atoms with E-state index in [1.54, 1.807) is 0 Å². The van der Waals surface area contributed by atoms with Crippen molar-refractivity contribution < 1.29 is 9.53 Å². The number of carbonyl (C=O) groups is 1. The van der Waals surface area contributed by atoms with Gasteiger partial charge in [-0.3, -0.25) is 0 Å². The summed E-state index contributed by atoms with van der Waals surface area (Å²) in [5.41, 5.74) is 0. The predicted octanol–water partition coefficient (Wildman–Crippen LogP) is 5.58. The monoisotopic (exact) mass is 280 g/mol. The highest BCUT2D eigenvalue weighted by Crippen LogP contribution is 2.07. The predicted molar refractivity (Wildman–Crippen MR) is 86.8 cm³/mol. The van der Waals surface area contributed by atoms with Gasteiger partial charge in [0, 0.05) is 6.08 Å². The topological polar surface area (TPSA) is 26.3 Å². The molecule has 116 valence electrons. The van der Waals surface area contributed by atoms with Crippen LogP contribution in [0.1, 0.15) is 77.6 Å². The van der Waals surface area contributed by atoms with Gasteiger partial charge in [0.1, 0.15) is 0 Å². The third kappa shape index (κ3) is 15.0. The van der Waals surface area contributed by atoms with Crippen LogP contribution in [0.5, 0.6) is 0 Å². The number of rotatable bonds is 14. The Morgan fingerprint density at radius 1 is 0.900 bits per heavy atom. The summed E-state index contributed by atoms with van der Waals surface area (Å²) >= 11 is 0. The Balaban J connectivity index is 3.10. The number of carbonyl (C=O) groups excluding carboxylic acids is 1. The second-order valence-corrected chi connectivity index (χ2v) is 5.25. The highest BCUT2D eigenvalue weighted by molar-refractivity contribution is 5.81. The summed E-state index contributed by atoms with van der Waals surface area (Å²) in [7, 11) is 0. The van der Waals surface area contributed by atoms with Gasteiger partial charge in [-0.1, -0.05) is 64.2 Å². The lowest BCUT2D eigenvalue weighted by Crippen LogP contribution is -2.01. The third-order valence-electron chi connectivity index (χ3n) is 3.32. The molecule has 0 spiro atoms. The van der Waals surface area contributed by atoms with E-state index in [4.69, 9.17) is 4.74 Å². The molecule has 0 aromatic rings. The van der Waals surface area contributed by atoms with Crippen molar-refractivity contribution >= 4 is 5.97 Å². The van der Waals surface area contributed by atoms with E-state index in [-0.39, 0.29) is 5.97 Å². The minimum absolute atomic E-state index is 0.311. The van der Waals surface area contributed by atoms with Crippen molar-refractivity contribution in [3.63, 3.8) is 0 Å². The normalized spacial score (nSPS) is 10.8. The average Bonchev–Trinajstić information content (AvgIpc) is 2.47. The van der Waals surface area contributed by atoms with Gasteiger partial charge in [-0.05, 0) is 32.1 Å². The molecule has 20 heavy (non-hydrogen) atoms. The van der Waals surface area contributed by atoms with Crippen molar-refractivity contribution in [2.24, 2.45) is 0 Å². The van der Waals surface area contributed by atoms with Crippen LogP contribution in [0.4, 0.5) is 0 Å². The van der Waals surface area contributed by atoms with E-state index in [1.807, 2.05) is 0 Å². The Hall–Kier alpha value is -1.05. The van der Waals surface area contributed by atoms with E-state index in [0.717, 1.165) is 12.8 Å². The van der Waals surface area contributed by atoms with Gasteiger partial charge in [0.05, 0.1) is 6.61 Å². The van der Waals surface area contributed by atoms with Crippen molar-refractivity contribution in [2.75, 3.05) is 6.61 Å². The Kier molecular flexibility index (Phi) is 15.2. The van der Waals surface area contributed by atoms with Crippen LogP contribution in [0.2, 0.25) is 0 Å². The number of allylic oxidation sites excluding steroid dienone is 2. The summed E-state index contributed by atoms with van der Waals surface area (Å²) in [6, 6.07) is 0. The fraction of sp³-hybridized carbons (Fsp3) is 0.722. The molecule has 0 bridgehead atoms. The lowest BCUT2D eigenvalue weighted by molar-refractivity contribution is -0.137. The van der Waals surface area contributed by atoms with Gasteiger partial charge in [-0.15, -0.1) is 0 Å². The quantitative estimate of drug-likeness (QED) is 0.180. The minimum atomic E-state index is -0.311. The molecule has 0 heterocycles. The summed E-state index contributed by atoms with van der Waals surface area (Å²) in [5.74, 6) is -0.311. The molecule has 0 aliphatic heterocycles. The standard InChI is InChI=1S/C18H32O2/c1-3-5-6-7-8-9-10-11-12-13-14-15-16-17-20-18(19)4-2/h4,9-10H,2-3,5-8,11-17H2,1H3/b10-9+. The summed E-state index contributed by atoms with van der Waals surface area (Å²) in [6.45, 7) is 6.14. The summed E-state index contributed by atoms with van der Waals surface area (Å²) in [6.07, 6.45) is 19.6. The number of hydrogen-bond donors (Lipinski definition) is 0. The molecule has 0 saturated carbocycles. The zero-order chi connectivity index (χ0) is 14.9. The highest BCUT2D eigenvalue weighted by Gasteiger charge is 1.95. The van der Waals surface area contributed by atoms with Crippen LogP contribution in [-0.2, 0) is 9.53 Å². The van der Waals surface area contributed by atoms with Gasteiger partial charge in [0.25, 0.3) is 0 Å². The Labute approximate surface area is 125 Å². The van der Waals surface area contributed by atoms with Crippen molar-refractivity contribution in [1.82, 2.24) is 0 Å². The van der Waals surface area contributed by atoms with Crippen LogP contribution in [0.15, 0.2) is 24.8 Å². The van der Waals surface area contributed by atoms with Crippen molar-refractivity contribution in [2.45, 2.75) is 77.6 Å². The largest absolute Gasteiger partial charge is 0.463 e. The fourth-order valence-electron chi connectivity index (χ4n) is 2.05. The zero-order valence-corrected chi connectivity index (χ0v) is 13.2. The van der Waals surface area contributed by atoms with Gasteiger partial charge in [0.15, 0.2) is 0 Å². The molecule has 0 aromatic carbocycles. The molecule has 0 N–H and O–H groups in total. The van der Waals surface area contributed by atoms with Gasteiger partial charge in [0.2, 0.25) is 0 Å². The maximum absolute atomic E-state index is 10.8. The molecule has 0 unspecified atom stereocenters. The van der Waals surface area contributed by atoms with Gasteiger partial charge in [-0.25, -0.2) is 4.79 Å². The number of ether oxygens (including phenoxy) is 1. The molecule has 0 radical (unpaired) electrons. The Morgan fingerprint density at radius 2 is 1.45 bits per heavy atom. The second-order valence-electron chi connectivity index (χ2n) is 5.25. The molecule has 0 atom stereocenters. The molecule has 0 fully saturated rings. The number of esters is 1. The third-order valence-corrected chi connectivity index (χ3v) is 3.32. The van der Waals surface area contributed by atoms with Crippen LogP contribution in [0, 0.1) is 0 Å². The van der Waals surface area contributed by atoms with Crippen molar-refractivity contribution in [3.05, 3.63) is 24.8 Å². The first-order valence-corrected chi connectivity index (χ1v) is 8.25. The van der Waals surface area contributed by atoms with Crippen molar-refractivity contribution in [3.8, 4) is 0 Å². The summed E-state index contributed by atoms with van der Waals surface area (Å²) in [4.78, 5) is 10.8. The molecule has 0 aliphatic rings. The summed E-state index contributed by atoms with van der Waals surface area (Å²) in [5, 5.41) is 0. The maximum atomic E-state index is 10.8. The van der Waals surface area contributed by atoms with E-state index < -0.39 is 0 Å². The Bertz CT molecular complexity index is 256. The number of unbranched alkanes of at least 4 members (excludes halogenated alkanes) is 9. The Morgan fingerprint density at radius 3 is 2.05 bits per heavy atom. The molecule has 0 rings (SSSR count). The van der Waals surface area contributed by atoms with Crippen LogP contribution < -0.4 is 0 Å². The second kappa shape index (κ2) is 16.0. The van der Waals surface area contributed by atoms with Gasteiger partial charge >= 0.3 is 5.97 Å². The summed E-state index contributed by atoms with van der Waals surface area (Å²) < 4.78 is 4.92. The van der Waals surface area contributed by atoms with E-state index >= 15 is 0 Å². The molecule has 2 heteroatoms. The molecular weight excluding hydrogens is 248 g/mol. The van der Waals surface area contributed by atoms with Crippen LogP contribution >= 0.6 is 0 Å². The molecule has 0 amide bonds. The molecule has 0 aliphatic carbocycles. The first-order chi connectivity index (χ1) is 9.81. The van der Waals surface area contributed by atoms with E-state index in [1.165, 1.54) is 63.9 Å². The smallest absolute Gasteiger partial charge is 0.330 e. The SMILES string of the molecule is C=CC(=O)OCCCCCCC/C=C/CCCCCC. The van der Waals surface area contributed by atoms with E-state index in [9.17, 15) is 4.79 Å². The molecule has 2 nitrogen and oxygen atoms in total. The van der Waals surface area contributed by atoms with E-state index in [2.05, 4.69) is 25.7 Å². The average molecular weight is 280 g/mol. The molecule has 0 saturated heterocycles. The maximum Gasteiger partial charge on any atom is 0.330 e. The lowest BCUT2D eigenvalue weighted by atomic mass is 10.1. The number of hydrogen-bond acceptors (Lipinski definition) is 2. The van der Waals surface area contributed by atoms with E-state index in [0.29, 0.717) is 6.61 Å². The van der Waals surface area contributed by atoms with Crippen LogP contribution in [0.25, 0.3) is 0 Å². The zero-order valence-electron chi connectivity index (χ0n) is 13.2. The van der Waals surface area contributed by atoms with Crippen LogP contribution in [-0.4, -0.2) is 12.6 Å². The lowest BCUT2D eigenvalue weighted by Gasteiger charge is -2.01. The molecule has 0 aromatic heterocycles. The molecular formula is C18H32O2. The van der Waals surface area contributed by atoms with Crippen LogP contribution in [0.3, 0.4) is 0 Å². The highest BCUT2D eigenvalue weighted by atomic mass is 16.5. The first kappa shape index (κ1) is 18.9. The first-order valence-electron chi connectivity index (χ1n) is 8.25. The van der Waals surface area contributed by atoms with Crippen molar-refractivity contribution in [1.29, 1.82) is 0 Å².